The van der Waals surface area contributed by atoms with Crippen molar-refractivity contribution in [3.8, 4) is 0 Å². The smallest absolute Gasteiger partial charge is 0.289 e. The molecule has 1 amide bonds. The van der Waals surface area contributed by atoms with Crippen LogP contribution in [-0.4, -0.2) is 64.4 Å². The van der Waals surface area contributed by atoms with E-state index in [-0.39, 0.29) is 11.9 Å². The molecule has 3 aromatic rings. The average molecular weight is 420 g/mol. The molecule has 0 bridgehead atoms. The van der Waals surface area contributed by atoms with E-state index in [9.17, 15) is 4.79 Å². The summed E-state index contributed by atoms with van der Waals surface area (Å²) in [6, 6.07) is 10.0. The van der Waals surface area contributed by atoms with Crippen LogP contribution in [-0.2, 0) is 0 Å². The molecule has 0 spiro atoms. The van der Waals surface area contributed by atoms with Crippen LogP contribution in [0.1, 0.15) is 48.0 Å². The maximum absolute atomic E-state index is 13.0. The number of rotatable bonds is 5. The first-order valence-electron chi connectivity index (χ1n) is 11.6. The summed E-state index contributed by atoms with van der Waals surface area (Å²) in [5.74, 6) is 2.41. The number of nitrogens with zero attached hydrogens (tertiary/aromatic N) is 5. The first-order valence-corrected chi connectivity index (χ1v) is 11.6. The van der Waals surface area contributed by atoms with Gasteiger partial charge in [-0.2, -0.15) is 0 Å². The molecule has 1 saturated carbocycles. The fourth-order valence-electron chi connectivity index (χ4n) is 5.07. The van der Waals surface area contributed by atoms with E-state index in [4.69, 9.17) is 9.40 Å². The molecule has 31 heavy (non-hydrogen) atoms. The van der Waals surface area contributed by atoms with E-state index in [2.05, 4.69) is 38.6 Å². The Bertz CT molecular complexity index is 1070. The van der Waals surface area contributed by atoms with Crippen LogP contribution < -0.4 is 4.90 Å². The van der Waals surface area contributed by atoms with Gasteiger partial charge in [-0.25, -0.2) is 4.98 Å². The van der Waals surface area contributed by atoms with Crippen LogP contribution >= 0.6 is 0 Å². The van der Waals surface area contributed by atoms with Gasteiger partial charge in [-0.05, 0) is 55.9 Å². The molecule has 7 nitrogen and oxygen atoms in total. The van der Waals surface area contributed by atoms with Crippen LogP contribution in [0.25, 0.3) is 5.65 Å². The highest BCUT2D eigenvalue weighted by molar-refractivity contribution is 5.91. The summed E-state index contributed by atoms with van der Waals surface area (Å²) in [7, 11) is 0. The molecule has 1 unspecified atom stereocenters. The van der Waals surface area contributed by atoms with Crippen LogP contribution in [0.3, 0.4) is 0 Å². The van der Waals surface area contributed by atoms with Crippen LogP contribution in [0.5, 0.6) is 0 Å². The van der Waals surface area contributed by atoms with Crippen molar-refractivity contribution in [3.05, 3.63) is 54.2 Å². The Morgan fingerprint density at radius 1 is 1.06 bits per heavy atom. The molecule has 3 aliphatic rings. The van der Waals surface area contributed by atoms with Gasteiger partial charge >= 0.3 is 0 Å². The van der Waals surface area contributed by atoms with Crippen molar-refractivity contribution in [1.82, 2.24) is 19.2 Å². The van der Waals surface area contributed by atoms with Crippen LogP contribution in [0.2, 0.25) is 0 Å². The van der Waals surface area contributed by atoms with Gasteiger partial charge in [0.1, 0.15) is 11.5 Å². The quantitative estimate of drug-likeness (QED) is 0.634. The number of hydrogen-bond acceptors (Lipinski definition) is 5. The molecular formula is C24H29N5O2. The predicted octanol–water partition coefficient (Wildman–Crippen LogP) is 3.44. The number of carbonyl (C=O) groups is 1. The van der Waals surface area contributed by atoms with E-state index in [1.807, 2.05) is 4.90 Å². The Labute approximate surface area is 182 Å². The summed E-state index contributed by atoms with van der Waals surface area (Å²) in [4.78, 5) is 24.9. The summed E-state index contributed by atoms with van der Waals surface area (Å²) >= 11 is 0. The molecule has 5 heterocycles. The molecule has 162 valence electrons. The first-order chi connectivity index (χ1) is 15.3. The minimum atomic E-state index is -0.0254. The third kappa shape index (κ3) is 3.61. The molecule has 7 heteroatoms. The van der Waals surface area contributed by atoms with E-state index in [0.717, 1.165) is 50.0 Å². The summed E-state index contributed by atoms with van der Waals surface area (Å²) in [5, 5.41) is 0. The maximum atomic E-state index is 13.0. The van der Waals surface area contributed by atoms with Gasteiger partial charge in [0.15, 0.2) is 5.76 Å². The number of carbonyl (C=O) groups excluding carboxylic acids is 1. The van der Waals surface area contributed by atoms with Crippen molar-refractivity contribution < 1.29 is 9.21 Å². The third-order valence-electron chi connectivity index (χ3n) is 6.96. The Kier molecular flexibility index (Phi) is 4.71. The van der Waals surface area contributed by atoms with E-state index in [1.165, 1.54) is 31.5 Å². The van der Waals surface area contributed by atoms with Crippen molar-refractivity contribution in [2.24, 2.45) is 5.92 Å². The second-order valence-electron chi connectivity index (χ2n) is 9.15. The lowest BCUT2D eigenvalue weighted by atomic mass is 10.1. The number of aromatic nitrogens is 2. The zero-order chi connectivity index (χ0) is 20.8. The Balaban J connectivity index is 1.32. The van der Waals surface area contributed by atoms with Crippen LogP contribution in [0, 0.1) is 5.92 Å². The fraction of sp³-hybridized carbons (Fsp3) is 0.500. The van der Waals surface area contributed by atoms with Crippen molar-refractivity contribution in [2.75, 3.05) is 44.2 Å². The minimum Gasteiger partial charge on any atom is -0.459 e. The zero-order valence-electron chi connectivity index (χ0n) is 17.8. The Morgan fingerprint density at radius 3 is 2.71 bits per heavy atom. The number of fused-ring (bicyclic) bond motifs is 1. The van der Waals surface area contributed by atoms with Gasteiger partial charge < -0.3 is 14.2 Å². The predicted molar refractivity (Wildman–Crippen MR) is 118 cm³/mol. The Morgan fingerprint density at radius 2 is 1.94 bits per heavy atom. The van der Waals surface area contributed by atoms with Crippen LogP contribution in [0.4, 0.5) is 5.82 Å². The molecule has 1 aliphatic carbocycles. The Hall–Kier alpha value is -2.80. The fourth-order valence-corrected chi connectivity index (χ4v) is 5.07. The van der Waals surface area contributed by atoms with Crippen molar-refractivity contribution in [1.29, 1.82) is 0 Å². The maximum Gasteiger partial charge on any atom is 0.289 e. The highest BCUT2D eigenvalue weighted by atomic mass is 16.3. The topological polar surface area (TPSA) is 57.2 Å². The van der Waals surface area contributed by atoms with E-state index >= 15 is 0 Å². The van der Waals surface area contributed by atoms with Gasteiger partial charge in [0.05, 0.1) is 18.0 Å². The molecule has 0 radical (unpaired) electrons. The van der Waals surface area contributed by atoms with Gasteiger partial charge in [0.2, 0.25) is 0 Å². The third-order valence-corrected chi connectivity index (χ3v) is 6.96. The van der Waals surface area contributed by atoms with Crippen molar-refractivity contribution >= 4 is 17.4 Å². The number of anilines is 1. The van der Waals surface area contributed by atoms with Crippen molar-refractivity contribution in [2.45, 2.75) is 31.7 Å². The summed E-state index contributed by atoms with van der Waals surface area (Å²) in [6.45, 7) is 5.57. The average Bonchev–Trinajstić information content (AvgIpc) is 3.26. The van der Waals surface area contributed by atoms with Gasteiger partial charge in [-0.1, -0.05) is 6.07 Å². The molecule has 3 aromatic heterocycles. The number of imidazole rings is 1. The van der Waals surface area contributed by atoms with Gasteiger partial charge in [0, 0.05) is 45.5 Å². The number of pyridine rings is 1. The van der Waals surface area contributed by atoms with E-state index in [1.54, 1.807) is 18.4 Å². The standard InChI is InChI=1S/C24H29N5O2/c30-24(21-5-4-14-31-21)28-13-12-27(15-18-8-9-18)20(17-28)19-16-29-22(25-19)6-3-7-23(29)26-10-1-2-11-26/h3-7,14,16,18,20H,1-2,8-13,15,17H2. The first kappa shape index (κ1) is 18.9. The lowest BCUT2D eigenvalue weighted by Crippen LogP contribution is -2.51. The zero-order valence-corrected chi connectivity index (χ0v) is 17.8. The SMILES string of the molecule is O=C(c1ccco1)N1CCN(CC2CC2)C(c2cn3c(N4CCCC4)cccc3n2)C1. The summed E-state index contributed by atoms with van der Waals surface area (Å²) in [5.41, 5.74) is 2.05. The molecule has 2 aliphatic heterocycles. The lowest BCUT2D eigenvalue weighted by molar-refractivity contribution is 0.0433. The molecular weight excluding hydrogens is 390 g/mol. The molecule has 0 N–H and O–H groups in total. The molecule has 3 fully saturated rings. The van der Waals surface area contributed by atoms with E-state index < -0.39 is 0 Å². The van der Waals surface area contributed by atoms with Crippen molar-refractivity contribution in [3.63, 3.8) is 0 Å². The summed E-state index contributed by atoms with van der Waals surface area (Å²) < 4.78 is 7.62. The van der Waals surface area contributed by atoms with E-state index in [0.29, 0.717) is 12.3 Å². The molecule has 6 rings (SSSR count). The largest absolute Gasteiger partial charge is 0.459 e. The van der Waals surface area contributed by atoms with Crippen LogP contribution in [0.15, 0.2) is 47.2 Å². The van der Waals surface area contributed by atoms with Gasteiger partial charge in [-0.3, -0.25) is 14.1 Å². The lowest BCUT2D eigenvalue weighted by Gasteiger charge is -2.40. The monoisotopic (exact) mass is 419 g/mol. The summed E-state index contributed by atoms with van der Waals surface area (Å²) in [6.07, 6.45) is 8.91. The van der Waals surface area contributed by atoms with Gasteiger partial charge in [-0.15, -0.1) is 0 Å². The number of hydrogen-bond donors (Lipinski definition) is 0. The van der Waals surface area contributed by atoms with Gasteiger partial charge in [0.25, 0.3) is 5.91 Å². The second kappa shape index (κ2) is 7.71. The molecule has 2 saturated heterocycles. The minimum absolute atomic E-state index is 0.0254. The number of amides is 1. The highest BCUT2D eigenvalue weighted by Gasteiger charge is 2.36. The molecule has 1 atom stereocenters. The number of furan rings is 1. The molecule has 0 aromatic carbocycles. The number of piperazine rings is 1. The highest BCUT2D eigenvalue weighted by Crippen LogP contribution is 2.35. The normalized spacial score (nSPS) is 22.5. The second-order valence-corrected chi connectivity index (χ2v) is 9.15.